The Kier molecular flexibility index (Phi) is 9.86. The first kappa shape index (κ1) is 33.2. The molecule has 4 rings (SSSR count). The molecule has 2 aromatic heterocycles. The number of rotatable bonds is 11. The molecule has 0 aliphatic carbocycles. The molecule has 4 unspecified atom stereocenters. The highest BCUT2D eigenvalue weighted by atomic mass is 31.3. The highest BCUT2D eigenvalue weighted by molar-refractivity contribution is 7.66. The second kappa shape index (κ2) is 12.8. The number of phosphoric acid groups is 3. The highest BCUT2D eigenvalue weighted by Gasteiger charge is 2.47. The largest absolute Gasteiger partial charge is 0.490 e. The standard InChI is InChI=1S/C22H26N3O15P3/c1-13-10-23-15(9-16(13)14-5-3-2-4-6-14)11-25-18(26)7-8-24(22(25)29)21-20(28)19(27)17(38-21)12-37-42(33,34)40-43(35,36)39-41(30,31)32/h2-10,17,19-21,27-28H,11-12H2,1H3,(H,33,34)(H,35,36)(H2,30,31,32)/t17-,19?,20?,21-/m1/s1. The fraction of sp³-hybridized carbons (Fsp3) is 0.318. The van der Waals surface area contributed by atoms with Crippen molar-refractivity contribution in [2.24, 2.45) is 0 Å². The minimum absolute atomic E-state index is 0.264. The minimum atomic E-state index is -5.79. The van der Waals surface area contributed by atoms with Crippen LogP contribution in [0.15, 0.2) is 64.4 Å². The molecule has 1 aromatic carbocycles. The first-order chi connectivity index (χ1) is 20.0. The van der Waals surface area contributed by atoms with Crippen molar-refractivity contribution in [3.8, 4) is 11.1 Å². The molecule has 3 heterocycles. The number of aliphatic hydroxyl groups is 2. The Morgan fingerprint density at radius 1 is 0.953 bits per heavy atom. The van der Waals surface area contributed by atoms with E-state index >= 15 is 0 Å². The van der Waals surface area contributed by atoms with E-state index in [2.05, 4.69) is 18.1 Å². The van der Waals surface area contributed by atoms with Gasteiger partial charge in [0, 0.05) is 18.5 Å². The summed E-state index contributed by atoms with van der Waals surface area (Å²) in [5.74, 6) is 0. The number of phosphoric ester groups is 1. The van der Waals surface area contributed by atoms with Gasteiger partial charge >= 0.3 is 29.2 Å². The fourth-order valence-corrected chi connectivity index (χ4v) is 7.21. The van der Waals surface area contributed by atoms with Crippen molar-refractivity contribution in [3.05, 3.63) is 87.0 Å². The van der Waals surface area contributed by atoms with Crippen molar-refractivity contribution >= 4 is 23.5 Å². The quantitative estimate of drug-likeness (QED) is 0.151. The molecule has 1 aliphatic rings. The Morgan fingerprint density at radius 2 is 1.63 bits per heavy atom. The molecule has 43 heavy (non-hydrogen) atoms. The highest BCUT2D eigenvalue weighted by Crippen LogP contribution is 2.66. The van der Waals surface area contributed by atoms with Gasteiger partial charge in [0.05, 0.1) is 18.8 Å². The minimum Gasteiger partial charge on any atom is -0.387 e. The van der Waals surface area contributed by atoms with Crippen LogP contribution in [0.4, 0.5) is 0 Å². The predicted molar refractivity (Wildman–Crippen MR) is 144 cm³/mol. The fourth-order valence-electron chi connectivity index (χ4n) is 4.18. The van der Waals surface area contributed by atoms with E-state index in [1.54, 1.807) is 12.3 Å². The Bertz CT molecular complexity index is 1740. The van der Waals surface area contributed by atoms with E-state index < -0.39 is 65.9 Å². The van der Waals surface area contributed by atoms with Crippen LogP contribution >= 0.6 is 23.5 Å². The number of ether oxygens (including phenoxy) is 1. The molecule has 0 radical (unpaired) electrons. The van der Waals surface area contributed by atoms with Gasteiger partial charge in [-0.2, -0.15) is 8.62 Å². The third-order valence-corrected chi connectivity index (χ3v) is 9.89. The smallest absolute Gasteiger partial charge is 0.387 e. The first-order valence-electron chi connectivity index (χ1n) is 12.1. The van der Waals surface area contributed by atoms with Gasteiger partial charge in [-0.15, -0.1) is 0 Å². The van der Waals surface area contributed by atoms with Crippen molar-refractivity contribution in [1.29, 1.82) is 0 Å². The zero-order valence-corrected chi connectivity index (χ0v) is 24.6. The van der Waals surface area contributed by atoms with Crippen LogP contribution in [0, 0.1) is 6.92 Å². The van der Waals surface area contributed by atoms with E-state index in [4.69, 9.17) is 14.5 Å². The summed E-state index contributed by atoms with van der Waals surface area (Å²) in [6.45, 7) is 0.507. The monoisotopic (exact) mass is 665 g/mol. The van der Waals surface area contributed by atoms with Gasteiger partial charge in [-0.05, 0) is 29.7 Å². The van der Waals surface area contributed by atoms with E-state index in [1.165, 1.54) is 0 Å². The number of pyridine rings is 1. The second-order valence-corrected chi connectivity index (χ2v) is 13.6. The summed E-state index contributed by atoms with van der Waals surface area (Å²) in [4.78, 5) is 66.3. The van der Waals surface area contributed by atoms with Gasteiger partial charge in [-0.1, -0.05) is 30.3 Å². The van der Waals surface area contributed by atoms with Crippen molar-refractivity contribution < 1.29 is 61.4 Å². The van der Waals surface area contributed by atoms with Gasteiger partial charge in [-0.25, -0.2) is 18.5 Å². The Morgan fingerprint density at radius 3 is 2.28 bits per heavy atom. The summed E-state index contributed by atoms with van der Waals surface area (Å²) in [5.41, 5.74) is 1.27. The lowest BCUT2D eigenvalue weighted by molar-refractivity contribution is -0.0547. The Labute approximate surface area is 241 Å². The first-order valence-corrected chi connectivity index (χ1v) is 16.6. The maximum atomic E-state index is 13.3. The number of hydrogen-bond acceptors (Lipinski definition) is 12. The van der Waals surface area contributed by atoms with Gasteiger partial charge in [0.25, 0.3) is 5.56 Å². The lowest BCUT2D eigenvalue weighted by Crippen LogP contribution is -2.43. The molecule has 6 N–H and O–H groups in total. The number of benzene rings is 1. The van der Waals surface area contributed by atoms with Crippen molar-refractivity contribution in [2.45, 2.75) is 38.0 Å². The van der Waals surface area contributed by atoms with Gasteiger partial charge in [0.1, 0.15) is 18.3 Å². The zero-order valence-electron chi connectivity index (χ0n) is 22.0. The van der Waals surface area contributed by atoms with Crippen molar-refractivity contribution in [1.82, 2.24) is 14.1 Å². The molecule has 6 atom stereocenters. The van der Waals surface area contributed by atoms with E-state index in [-0.39, 0.29) is 6.54 Å². The molecule has 18 nitrogen and oxygen atoms in total. The van der Waals surface area contributed by atoms with Crippen LogP contribution in [0.5, 0.6) is 0 Å². The Balaban J connectivity index is 1.52. The Hall–Kier alpha value is -2.66. The third kappa shape index (κ3) is 8.29. The van der Waals surface area contributed by atoms with Crippen molar-refractivity contribution in [2.75, 3.05) is 6.61 Å². The normalized spacial score (nSPS) is 23.5. The van der Waals surface area contributed by atoms with Gasteiger partial charge < -0.3 is 34.5 Å². The summed E-state index contributed by atoms with van der Waals surface area (Å²) >= 11 is 0. The summed E-state index contributed by atoms with van der Waals surface area (Å²) < 4.78 is 52.9. The van der Waals surface area contributed by atoms with Crippen LogP contribution in [0.1, 0.15) is 17.5 Å². The van der Waals surface area contributed by atoms with Crippen LogP contribution < -0.4 is 11.2 Å². The van der Waals surface area contributed by atoms with E-state index in [0.29, 0.717) is 5.69 Å². The zero-order chi connectivity index (χ0) is 31.7. The SMILES string of the molecule is Cc1cnc(Cn2c(=O)ccn([C@@H]3O[C@H](COP(=O)(O)OP(=O)(O)OP(=O)(O)O)C(O)C3O)c2=O)cc1-c1ccccc1. The summed E-state index contributed by atoms with van der Waals surface area (Å²) in [7, 11) is -17.0. The molecule has 0 spiro atoms. The summed E-state index contributed by atoms with van der Waals surface area (Å²) in [6, 6.07) is 12.1. The maximum absolute atomic E-state index is 13.3. The van der Waals surface area contributed by atoms with Crippen LogP contribution in [0.3, 0.4) is 0 Å². The van der Waals surface area contributed by atoms with E-state index in [1.807, 2.05) is 37.3 Å². The lowest BCUT2D eigenvalue weighted by atomic mass is 10.0. The number of nitrogens with zero attached hydrogens (tertiary/aromatic N) is 3. The summed E-state index contributed by atoms with van der Waals surface area (Å²) in [5, 5.41) is 20.9. The number of aliphatic hydroxyl groups excluding tert-OH is 2. The molecule has 0 saturated carbocycles. The summed E-state index contributed by atoms with van der Waals surface area (Å²) in [6.07, 6.45) is -4.35. The molecular weight excluding hydrogens is 639 g/mol. The number of hydrogen-bond donors (Lipinski definition) is 6. The molecule has 3 aromatic rings. The van der Waals surface area contributed by atoms with Crippen LogP contribution in [0.25, 0.3) is 11.1 Å². The van der Waals surface area contributed by atoms with E-state index in [0.717, 1.165) is 38.1 Å². The molecule has 234 valence electrons. The van der Waals surface area contributed by atoms with Gasteiger partial charge in [-0.3, -0.25) is 23.4 Å². The number of aryl methyl sites for hydroxylation is 1. The predicted octanol–water partition coefficient (Wildman–Crippen LogP) is 0.391. The molecule has 1 aliphatic heterocycles. The van der Waals surface area contributed by atoms with Crippen LogP contribution in [0.2, 0.25) is 0 Å². The number of aromatic nitrogens is 3. The van der Waals surface area contributed by atoms with E-state index in [9.17, 15) is 43.3 Å². The lowest BCUT2D eigenvalue weighted by Gasteiger charge is -2.19. The molecule has 1 saturated heterocycles. The molecule has 0 bridgehead atoms. The van der Waals surface area contributed by atoms with Crippen LogP contribution in [-0.2, 0) is 38.1 Å². The molecule has 1 fully saturated rings. The third-order valence-electron chi connectivity index (χ3n) is 6.09. The van der Waals surface area contributed by atoms with Crippen LogP contribution in [-0.4, -0.2) is 68.8 Å². The maximum Gasteiger partial charge on any atom is 0.490 e. The molecule has 21 heteroatoms. The average Bonchev–Trinajstić information content (AvgIpc) is 3.18. The van der Waals surface area contributed by atoms with Crippen molar-refractivity contribution in [3.63, 3.8) is 0 Å². The average molecular weight is 665 g/mol. The van der Waals surface area contributed by atoms with Gasteiger partial charge in [0.15, 0.2) is 6.23 Å². The molecular formula is C22H26N3O15P3. The topological polar surface area (TPSA) is 266 Å². The molecule has 0 amide bonds. The van der Waals surface area contributed by atoms with Gasteiger partial charge in [0.2, 0.25) is 0 Å². The second-order valence-electron chi connectivity index (χ2n) is 9.22.